The molecule has 0 spiro atoms. The lowest BCUT2D eigenvalue weighted by atomic mass is 9.61. The Morgan fingerprint density at radius 1 is 1.35 bits per heavy atom. The standard InChI is InChI=1S/C16H18N4O3/c1-5-22-12(21)11-10(9(2)3)16(8-19)13(20)23-14(11,4)15(16,6-17)7-18/h9-11,20H,5H2,1-4H3/t10-,11-,14-,16+/m0/s1. The van der Waals surface area contributed by atoms with Gasteiger partial charge in [0.05, 0.1) is 24.8 Å². The summed E-state index contributed by atoms with van der Waals surface area (Å²) in [6.07, 6.45) is 0. The second-order valence-corrected chi connectivity index (χ2v) is 6.43. The van der Waals surface area contributed by atoms with Crippen LogP contribution >= 0.6 is 0 Å². The van der Waals surface area contributed by atoms with Crippen LogP contribution in [0, 0.1) is 68.0 Å². The van der Waals surface area contributed by atoms with E-state index in [-0.39, 0.29) is 12.5 Å². The van der Waals surface area contributed by atoms with E-state index in [0.29, 0.717) is 0 Å². The van der Waals surface area contributed by atoms with Crippen LogP contribution in [0.4, 0.5) is 0 Å². The molecular weight excluding hydrogens is 296 g/mol. The Morgan fingerprint density at radius 2 is 1.91 bits per heavy atom. The van der Waals surface area contributed by atoms with Crippen molar-refractivity contribution >= 4 is 11.9 Å². The summed E-state index contributed by atoms with van der Waals surface area (Å²) in [6, 6.07) is 5.81. The Morgan fingerprint density at radius 3 is 2.30 bits per heavy atom. The minimum Gasteiger partial charge on any atom is -0.470 e. The number of fused-ring (bicyclic) bond motifs is 2. The lowest BCUT2D eigenvalue weighted by molar-refractivity contribution is -0.160. The first kappa shape index (κ1) is 16.8. The van der Waals surface area contributed by atoms with Gasteiger partial charge in [0, 0.05) is 5.92 Å². The Kier molecular flexibility index (Phi) is 3.62. The smallest absolute Gasteiger partial charge is 0.313 e. The fraction of sp³-hybridized carbons (Fsp3) is 0.688. The zero-order valence-corrected chi connectivity index (χ0v) is 13.5. The van der Waals surface area contributed by atoms with Crippen molar-refractivity contribution in [3.63, 3.8) is 0 Å². The summed E-state index contributed by atoms with van der Waals surface area (Å²) in [5.74, 6) is -2.91. The summed E-state index contributed by atoms with van der Waals surface area (Å²) >= 11 is 0. The zero-order valence-electron chi connectivity index (χ0n) is 13.5. The Bertz CT molecular complexity index is 682. The number of carbonyl (C=O) groups is 1. The third kappa shape index (κ3) is 1.51. The quantitative estimate of drug-likeness (QED) is 0.790. The first-order valence-electron chi connectivity index (χ1n) is 7.42. The second-order valence-electron chi connectivity index (χ2n) is 6.43. The van der Waals surface area contributed by atoms with Gasteiger partial charge in [0.2, 0.25) is 11.3 Å². The molecule has 120 valence electrons. The number of ether oxygens (including phenoxy) is 2. The lowest BCUT2D eigenvalue weighted by Gasteiger charge is -2.38. The molecule has 1 heterocycles. The van der Waals surface area contributed by atoms with E-state index in [1.165, 1.54) is 6.92 Å². The van der Waals surface area contributed by atoms with Crippen molar-refractivity contribution in [2.24, 2.45) is 28.6 Å². The van der Waals surface area contributed by atoms with Crippen molar-refractivity contribution in [3.05, 3.63) is 0 Å². The maximum absolute atomic E-state index is 12.5. The van der Waals surface area contributed by atoms with Gasteiger partial charge in [-0.25, -0.2) is 0 Å². The molecule has 2 bridgehead atoms. The molecule has 2 fully saturated rings. The molecular formula is C16H18N4O3. The van der Waals surface area contributed by atoms with Crippen molar-refractivity contribution in [3.8, 4) is 18.2 Å². The van der Waals surface area contributed by atoms with E-state index >= 15 is 0 Å². The molecule has 0 unspecified atom stereocenters. The monoisotopic (exact) mass is 314 g/mol. The molecule has 1 saturated heterocycles. The van der Waals surface area contributed by atoms with Crippen LogP contribution in [0.2, 0.25) is 0 Å². The van der Waals surface area contributed by atoms with Crippen LogP contribution in [0.15, 0.2) is 0 Å². The molecule has 2 rings (SSSR count). The van der Waals surface area contributed by atoms with Crippen LogP contribution in [0.25, 0.3) is 0 Å². The molecule has 1 aliphatic carbocycles. The summed E-state index contributed by atoms with van der Waals surface area (Å²) in [4.78, 5) is 12.5. The normalized spacial score (nSPS) is 36.7. The minimum absolute atomic E-state index is 0.138. The average Bonchev–Trinajstić information content (AvgIpc) is 2.81. The van der Waals surface area contributed by atoms with Crippen LogP contribution in [-0.4, -0.2) is 24.1 Å². The average molecular weight is 314 g/mol. The number of nitrogens with one attached hydrogen (secondary N) is 1. The molecule has 0 amide bonds. The molecule has 7 heteroatoms. The number of esters is 1. The fourth-order valence-corrected chi connectivity index (χ4v) is 4.34. The van der Waals surface area contributed by atoms with Crippen LogP contribution in [-0.2, 0) is 14.3 Å². The molecule has 2 aliphatic rings. The van der Waals surface area contributed by atoms with E-state index in [4.69, 9.17) is 14.9 Å². The molecule has 0 aromatic carbocycles. The van der Waals surface area contributed by atoms with Gasteiger partial charge < -0.3 is 9.47 Å². The minimum atomic E-state index is -1.93. The van der Waals surface area contributed by atoms with Gasteiger partial charge in [0.1, 0.15) is 5.92 Å². The largest absolute Gasteiger partial charge is 0.470 e. The number of carbonyl (C=O) groups excluding carboxylic acids is 1. The highest BCUT2D eigenvalue weighted by Crippen LogP contribution is 2.71. The van der Waals surface area contributed by atoms with Gasteiger partial charge in [0.25, 0.3) is 0 Å². The molecule has 0 aromatic heterocycles. The van der Waals surface area contributed by atoms with Gasteiger partial charge in [-0.05, 0) is 19.8 Å². The molecule has 23 heavy (non-hydrogen) atoms. The molecule has 1 saturated carbocycles. The van der Waals surface area contributed by atoms with Crippen molar-refractivity contribution in [2.75, 3.05) is 6.61 Å². The lowest BCUT2D eigenvalue weighted by Crippen LogP contribution is -2.50. The first-order chi connectivity index (χ1) is 10.7. The van der Waals surface area contributed by atoms with Crippen LogP contribution in [0.3, 0.4) is 0 Å². The first-order valence-corrected chi connectivity index (χ1v) is 7.42. The Labute approximate surface area is 134 Å². The van der Waals surface area contributed by atoms with E-state index in [1.807, 2.05) is 18.2 Å². The van der Waals surface area contributed by atoms with Gasteiger partial charge in [-0.15, -0.1) is 0 Å². The maximum Gasteiger partial charge on any atom is 0.313 e. The van der Waals surface area contributed by atoms with E-state index in [1.54, 1.807) is 20.8 Å². The van der Waals surface area contributed by atoms with Crippen LogP contribution in [0.1, 0.15) is 27.7 Å². The predicted octanol–water partition coefficient (Wildman–Crippen LogP) is 1.76. The number of nitriles is 3. The van der Waals surface area contributed by atoms with E-state index in [2.05, 4.69) is 0 Å². The van der Waals surface area contributed by atoms with Gasteiger partial charge >= 0.3 is 5.97 Å². The van der Waals surface area contributed by atoms with Crippen LogP contribution < -0.4 is 0 Å². The topological polar surface area (TPSA) is 131 Å². The predicted molar refractivity (Wildman–Crippen MR) is 77.4 cm³/mol. The van der Waals surface area contributed by atoms with E-state index < -0.39 is 40.1 Å². The molecule has 0 aromatic rings. The van der Waals surface area contributed by atoms with Crippen molar-refractivity contribution in [2.45, 2.75) is 33.3 Å². The van der Waals surface area contributed by atoms with Gasteiger partial charge in [-0.3, -0.25) is 10.2 Å². The highest BCUT2D eigenvalue weighted by atomic mass is 16.5. The van der Waals surface area contributed by atoms with E-state index in [0.717, 1.165) is 0 Å². The molecule has 4 atom stereocenters. The second kappa shape index (κ2) is 4.96. The summed E-state index contributed by atoms with van der Waals surface area (Å²) < 4.78 is 10.6. The number of rotatable bonds is 3. The Balaban J connectivity index is 2.84. The fourth-order valence-electron chi connectivity index (χ4n) is 4.34. The molecule has 1 aliphatic heterocycles. The summed E-state index contributed by atoms with van der Waals surface area (Å²) in [7, 11) is 0. The Hall–Kier alpha value is -2.59. The molecule has 7 nitrogen and oxygen atoms in total. The SMILES string of the molecule is CCOC(=O)[C@@H]1[C@H](C(C)C)[C@]2(C#N)C(=N)O[C@]1(C)C2(C#N)C#N. The summed E-state index contributed by atoms with van der Waals surface area (Å²) in [6.45, 7) is 6.85. The third-order valence-corrected chi connectivity index (χ3v) is 5.23. The van der Waals surface area contributed by atoms with Gasteiger partial charge in [0.15, 0.2) is 11.0 Å². The summed E-state index contributed by atoms with van der Waals surface area (Å²) in [5, 5.41) is 37.5. The van der Waals surface area contributed by atoms with Gasteiger partial charge in [-0.1, -0.05) is 13.8 Å². The van der Waals surface area contributed by atoms with Crippen molar-refractivity contribution < 1.29 is 14.3 Å². The summed E-state index contributed by atoms with van der Waals surface area (Å²) in [5.41, 5.74) is -5.31. The maximum atomic E-state index is 12.5. The van der Waals surface area contributed by atoms with E-state index in [9.17, 15) is 20.6 Å². The van der Waals surface area contributed by atoms with Crippen molar-refractivity contribution in [1.82, 2.24) is 0 Å². The highest BCUT2D eigenvalue weighted by Gasteiger charge is 2.87. The zero-order chi connectivity index (χ0) is 17.6. The highest BCUT2D eigenvalue weighted by molar-refractivity contribution is 5.94. The third-order valence-electron chi connectivity index (χ3n) is 5.23. The molecule has 0 radical (unpaired) electrons. The van der Waals surface area contributed by atoms with Crippen molar-refractivity contribution in [1.29, 1.82) is 21.2 Å². The number of hydrogen-bond donors (Lipinski definition) is 1. The number of nitrogens with zero attached hydrogens (tertiary/aromatic N) is 3. The van der Waals surface area contributed by atoms with Gasteiger partial charge in [-0.2, -0.15) is 15.8 Å². The number of hydrogen-bond acceptors (Lipinski definition) is 7. The molecule has 1 N–H and O–H groups in total. The van der Waals surface area contributed by atoms with Crippen LogP contribution in [0.5, 0.6) is 0 Å².